The van der Waals surface area contributed by atoms with E-state index in [-0.39, 0.29) is 29.7 Å². The number of nitrogens with one attached hydrogen (secondary N) is 2. The number of rotatable bonds is 5. The standard InChI is InChI=1S/C18H20ClN5O4S/c1-18(2,3)28-17(27)21-5-6-24-12(14-9(19)4-7-29-14)10(15(20)25)11-13(24)16(26)23-8-22-11/h4,7-8H,5-6H2,1-3H3,(H2,20,25)(H,21,27)(H,22,23,26). The summed E-state index contributed by atoms with van der Waals surface area (Å²) in [6, 6.07) is 1.69. The number of ether oxygens (including phenoxy) is 1. The molecule has 0 fully saturated rings. The molecule has 3 rings (SSSR count). The first kappa shape index (κ1) is 20.9. The molecular weight excluding hydrogens is 418 g/mol. The lowest BCUT2D eigenvalue weighted by atomic mass is 10.2. The van der Waals surface area contributed by atoms with E-state index in [0.717, 1.165) is 0 Å². The number of carbonyl (C=O) groups is 2. The summed E-state index contributed by atoms with van der Waals surface area (Å²) < 4.78 is 6.81. The van der Waals surface area contributed by atoms with E-state index in [1.807, 2.05) is 0 Å². The molecule has 0 saturated heterocycles. The number of aromatic nitrogens is 3. The lowest BCUT2D eigenvalue weighted by molar-refractivity contribution is 0.0526. The summed E-state index contributed by atoms with van der Waals surface area (Å²) in [6.07, 6.45) is 0.618. The van der Waals surface area contributed by atoms with Gasteiger partial charge in [-0.2, -0.15) is 0 Å². The zero-order valence-electron chi connectivity index (χ0n) is 16.0. The van der Waals surface area contributed by atoms with Crippen molar-refractivity contribution in [2.24, 2.45) is 5.73 Å². The maximum Gasteiger partial charge on any atom is 0.407 e. The Kier molecular flexibility index (Phi) is 5.67. The molecular formula is C18H20ClN5O4S. The summed E-state index contributed by atoms with van der Waals surface area (Å²) in [7, 11) is 0. The first-order valence-electron chi connectivity index (χ1n) is 8.70. The topological polar surface area (TPSA) is 132 Å². The Morgan fingerprint density at radius 1 is 1.41 bits per heavy atom. The van der Waals surface area contributed by atoms with Crippen molar-refractivity contribution in [3.05, 3.63) is 38.7 Å². The first-order valence-corrected chi connectivity index (χ1v) is 9.96. The van der Waals surface area contributed by atoms with Crippen LogP contribution in [0.5, 0.6) is 0 Å². The van der Waals surface area contributed by atoms with Crippen molar-refractivity contribution in [1.82, 2.24) is 19.9 Å². The van der Waals surface area contributed by atoms with Crippen LogP contribution in [0.4, 0.5) is 4.79 Å². The first-order chi connectivity index (χ1) is 13.6. The Balaban J connectivity index is 2.08. The molecule has 3 heterocycles. The SMILES string of the molecule is CC(C)(C)OC(=O)NCCn1c(-c2sccc2Cl)c(C(N)=O)c2nc[nH]c(=O)c21. The summed E-state index contributed by atoms with van der Waals surface area (Å²) in [6.45, 7) is 5.58. The summed E-state index contributed by atoms with van der Waals surface area (Å²) in [4.78, 5) is 43.9. The molecule has 0 aromatic carbocycles. The van der Waals surface area contributed by atoms with Crippen LogP contribution < -0.4 is 16.6 Å². The maximum absolute atomic E-state index is 12.5. The van der Waals surface area contributed by atoms with Crippen LogP contribution in [0.1, 0.15) is 31.1 Å². The summed E-state index contributed by atoms with van der Waals surface area (Å²) in [5, 5.41) is 4.82. The van der Waals surface area contributed by atoms with Gasteiger partial charge in [0.15, 0.2) is 0 Å². The van der Waals surface area contributed by atoms with Crippen LogP contribution in [-0.2, 0) is 11.3 Å². The Labute approximate surface area is 174 Å². The minimum Gasteiger partial charge on any atom is -0.444 e. The van der Waals surface area contributed by atoms with Gasteiger partial charge in [-0.3, -0.25) is 9.59 Å². The van der Waals surface area contributed by atoms with Crippen molar-refractivity contribution in [2.45, 2.75) is 32.9 Å². The van der Waals surface area contributed by atoms with Crippen LogP contribution >= 0.6 is 22.9 Å². The number of carbonyl (C=O) groups excluding carboxylic acids is 2. The molecule has 0 aliphatic rings. The Hall–Kier alpha value is -2.85. The minimum absolute atomic E-state index is 0.104. The zero-order chi connectivity index (χ0) is 21.3. The molecule has 0 spiro atoms. The largest absolute Gasteiger partial charge is 0.444 e. The minimum atomic E-state index is -0.730. The highest BCUT2D eigenvalue weighted by atomic mass is 35.5. The molecule has 3 aromatic rings. The van der Waals surface area contributed by atoms with Crippen molar-refractivity contribution in [3.63, 3.8) is 0 Å². The second-order valence-electron chi connectivity index (χ2n) is 7.19. The van der Waals surface area contributed by atoms with Crippen molar-refractivity contribution >= 4 is 46.0 Å². The van der Waals surface area contributed by atoms with Gasteiger partial charge in [0, 0.05) is 13.1 Å². The second kappa shape index (κ2) is 7.88. The van der Waals surface area contributed by atoms with Gasteiger partial charge in [-0.15, -0.1) is 11.3 Å². The zero-order valence-corrected chi connectivity index (χ0v) is 17.6. The molecule has 0 unspecified atom stereocenters. The van der Waals surface area contributed by atoms with Crippen LogP contribution in [0, 0.1) is 0 Å². The normalized spacial score (nSPS) is 11.6. The molecule has 3 aromatic heterocycles. The predicted molar refractivity (Wildman–Crippen MR) is 111 cm³/mol. The molecule has 0 atom stereocenters. The lowest BCUT2D eigenvalue weighted by Crippen LogP contribution is -2.34. The molecule has 0 aliphatic heterocycles. The molecule has 154 valence electrons. The van der Waals surface area contributed by atoms with E-state index < -0.39 is 23.2 Å². The number of halogens is 1. The van der Waals surface area contributed by atoms with E-state index in [9.17, 15) is 14.4 Å². The molecule has 0 bridgehead atoms. The van der Waals surface area contributed by atoms with Gasteiger partial charge >= 0.3 is 6.09 Å². The number of aromatic amines is 1. The van der Waals surface area contributed by atoms with Crippen molar-refractivity contribution in [3.8, 4) is 10.6 Å². The smallest absolute Gasteiger partial charge is 0.407 e. The number of alkyl carbamates (subject to hydrolysis) is 1. The quantitative estimate of drug-likeness (QED) is 0.564. The van der Waals surface area contributed by atoms with Gasteiger partial charge in [0.1, 0.15) is 16.6 Å². The number of H-pyrrole nitrogens is 1. The average molecular weight is 438 g/mol. The van der Waals surface area contributed by atoms with E-state index in [1.165, 1.54) is 17.7 Å². The van der Waals surface area contributed by atoms with Crippen LogP contribution in [0.15, 0.2) is 22.6 Å². The van der Waals surface area contributed by atoms with Gasteiger partial charge in [-0.1, -0.05) is 11.6 Å². The number of thiophene rings is 1. The molecule has 2 amide bonds. The third-order valence-electron chi connectivity index (χ3n) is 3.92. The van der Waals surface area contributed by atoms with E-state index in [0.29, 0.717) is 15.6 Å². The fourth-order valence-electron chi connectivity index (χ4n) is 2.92. The number of fused-ring (bicyclic) bond motifs is 1. The number of hydrogen-bond acceptors (Lipinski definition) is 6. The highest BCUT2D eigenvalue weighted by molar-refractivity contribution is 7.14. The van der Waals surface area contributed by atoms with Gasteiger partial charge in [-0.05, 0) is 32.2 Å². The average Bonchev–Trinajstić information content (AvgIpc) is 3.15. The molecule has 9 nitrogen and oxygen atoms in total. The van der Waals surface area contributed by atoms with E-state index >= 15 is 0 Å². The summed E-state index contributed by atoms with van der Waals surface area (Å²) in [5.74, 6) is -0.730. The molecule has 0 aliphatic carbocycles. The van der Waals surface area contributed by atoms with Crippen LogP contribution in [-0.4, -0.2) is 38.7 Å². The van der Waals surface area contributed by atoms with Gasteiger partial charge in [0.25, 0.3) is 11.5 Å². The Bertz CT molecular complexity index is 1140. The number of primary amides is 1. The van der Waals surface area contributed by atoms with Crippen molar-refractivity contribution in [2.75, 3.05) is 6.54 Å². The number of amides is 2. The molecule has 4 N–H and O–H groups in total. The Morgan fingerprint density at radius 3 is 2.72 bits per heavy atom. The van der Waals surface area contributed by atoms with Gasteiger partial charge in [0.2, 0.25) is 0 Å². The maximum atomic E-state index is 12.5. The number of hydrogen-bond donors (Lipinski definition) is 3. The lowest BCUT2D eigenvalue weighted by Gasteiger charge is -2.20. The van der Waals surface area contributed by atoms with Crippen LogP contribution in [0.25, 0.3) is 21.6 Å². The molecule has 11 heteroatoms. The van der Waals surface area contributed by atoms with Crippen molar-refractivity contribution in [1.29, 1.82) is 0 Å². The number of nitrogens with zero attached hydrogens (tertiary/aromatic N) is 2. The van der Waals surface area contributed by atoms with Gasteiger partial charge in [-0.25, -0.2) is 9.78 Å². The van der Waals surface area contributed by atoms with Crippen LogP contribution in [0.3, 0.4) is 0 Å². The van der Waals surface area contributed by atoms with Crippen molar-refractivity contribution < 1.29 is 14.3 Å². The Morgan fingerprint density at radius 2 is 2.14 bits per heavy atom. The highest BCUT2D eigenvalue weighted by Crippen LogP contribution is 2.38. The summed E-state index contributed by atoms with van der Waals surface area (Å²) in [5.41, 5.74) is 5.39. The van der Waals surface area contributed by atoms with E-state index in [4.69, 9.17) is 22.1 Å². The summed E-state index contributed by atoms with van der Waals surface area (Å²) >= 11 is 7.60. The fraction of sp³-hybridized carbons (Fsp3) is 0.333. The molecule has 0 radical (unpaired) electrons. The highest BCUT2D eigenvalue weighted by Gasteiger charge is 2.27. The van der Waals surface area contributed by atoms with Gasteiger partial charge < -0.3 is 25.3 Å². The third-order valence-corrected chi connectivity index (χ3v) is 5.27. The van der Waals surface area contributed by atoms with E-state index in [1.54, 1.807) is 36.8 Å². The van der Waals surface area contributed by atoms with Crippen LogP contribution in [0.2, 0.25) is 5.02 Å². The third kappa shape index (κ3) is 4.28. The van der Waals surface area contributed by atoms with Gasteiger partial charge in [0.05, 0.1) is 27.5 Å². The van der Waals surface area contributed by atoms with E-state index in [2.05, 4.69) is 15.3 Å². The number of nitrogens with two attached hydrogens (primary N) is 1. The molecule has 0 saturated carbocycles. The fourth-order valence-corrected chi connectivity index (χ4v) is 4.13. The molecule has 29 heavy (non-hydrogen) atoms. The monoisotopic (exact) mass is 437 g/mol. The predicted octanol–water partition coefficient (Wildman–Crippen LogP) is 2.73. The second-order valence-corrected chi connectivity index (χ2v) is 8.52.